The quantitative estimate of drug-likeness (QED) is 0.667. The fourth-order valence-electron chi connectivity index (χ4n) is 2.38. The van der Waals surface area contributed by atoms with Gasteiger partial charge in [0.15, 0.2) is 0 Å². The van der Waals surface area contributed by atoms with Gasteiger partial charge in [-0.15, -0.1) is 0 Å². The largest absolute Gasteiger partial charge is 0.497 e. The van der Waals surface area contributed by atoms with E-state index in [-0.39, 0.29) is 0 Å². The van der Waals surface area contributed by atoms with Gasteiger partial charge in [-0.25, -0.2) is 0 Å². The summed E-state index contributed by atoms with van der Waals surface area (Å²) in [5.41, 5.74) is 1.36. The second-order valence-electron chi connectivity index (χ2n) is 5.40. The average Bonchev–Trinajstić information content (AvgIpc) is 2.48. The van der Waals surface area contributed by atoms with Crippen molar-refractivity contribution in [2.45, 2.75) is 39.2 Å². The monoisotopic (exact) mass is 279 g/mol. The highest BCUT2D eigenvalue weighted by Gasteiger charge is 2.13. The van der Waals surface area contributed by atoms with Crippen LogP contribution in [0.5, 0.6) is 5.75 Å². The molecule has 0 radical (unpaired) electrons. The Morgan fingerprint density at radius 1 is 1.15 bits per heavy atom. The van der Waals surface area contributed by atoms with Gasteiger partial charge in [-0.3, -0.25) is 0 Å². The van der Waals surface area contributed by atoms with Crippen molar-refractivity contribution >= 4 is 0 Å². The highest BCUT2D eigenvalue weighted by atomic mass is 16.5. The van der Waals surface area contributed by atoms with E-state index in [1.807, 2.05) is 12.1 Å². The van der Waals surface area contributed by atoms with Crippen molar-refractivity contribution in [1.82, 2.24) is 5.32 Å². The maximum Gasteiger partial charge on any atom is 0.118 e. The minimum Gasteiger partial charge on any atom is -0.497 e. The molecule has 0 saturated heterocycles. The average molecular weight is 279 g/mol. The molecule has 0 spiro atoms. The summed E-state index contributed by atoms with van der Waals surface area (Å²) in [5, 5.41) is 3.53. The predicted octanol–water partition coefficient (Wildman–Crippen LogP) is 3.28. The number of nitrogens with one attached hydrogen (secondary N) is 1. The van der Waals surface area contributed by atoms with Crippen LogP contribution >= 0.6 is 0 Å². The van der Waals surface area contributed by atoms with Crippen LogP contribution in [0.3, 0.4) is 0 Å². The number of hydrogen-bond acceptors (Lipinski definition) is 3. The lowest BCUT2D eigenvalue weighted by atomic mass is 9.93. The topological polar surface area (TPSA) is 30.5 Å². The van der Waals surface area contributed by atoms with Crippen LogP contribution in [-0.2, 0) is 11.2 Å². The van der Waals surface area contributed by atoms with E-state index < -0.39 is 0 Å². The van der Waals surface area contributed by atoms with Gasteiger partial charge in [0, 0.05) is 7.11 Å². The molecule has 1 N–H and O–H groups in total. The van der Waals surface area contributed by atoms with Gasteiger partial charge in [-0.05, 0) is 62.9 Å². The van der Waals surface area contributed by atoms with Crippen LogP contribution in [0.4, 0.5) is 0 Å². The summed E-state index contributed by atoms with van der Waals surface area (Å²) in [7, 11) is 3.49. The van der Waals surface area contributed by atoms with Gasteiger partial charge < -0.3 is 14.8 Å². The van der Waals surface area contributed by atoms with Crippen molar-refractivity contribution in [2.24, 2.45) is 5.92 Å². The second kappa shape index (κ2) is 9.78. The molecule has 2 unspecified atom stereocenters. The summed E-state index contributed by atoms with van der Waals surface area (Å²) in [6.07, 6.45) is 3.64. The van der Waals surface area contributed by atoms with E-state index >= 15 is 0 Å². The Labute approximate surface area is 123 Å². The molecule has 0 aliphatic carbocycles. The highest BCUT2D eigenvalue weighted by molar-refractivity contribution is 5.27. The number of benzene rings is 1. The minimum absolute atomic E-state index is 0.307. The SMILES string of the molecule is CCCNCC(Cc1ccc(OC)cc1)CC(C)OC. The van der Waals surface area contributed by atoms with E-state index in [1.54, 1.807) is 14.2 Å². The third kappa shape index (κ3) is 6.40. The van der Waals surface area contributed by atoms with Crippen LogP contribution in [0.25, 0.3) is 0 Å². The molecule has 0 saturated carbocycles. The standard InChI is InChI=1S/C17H29NO2/c1-5-10-18-13-16(11-14(2)19-3)12-15-6-8-17(20-4)9-7-15/h6-9,14,16,18H,5,10-13H2,1-4H3. The van der Waals surface area contributed by atoms with E-state index in [4.69, 9.17) is 9.47 Å². The molecule has 0 aromatic heterocycles. The van der Waals surface area contributed by atoms with Crippen molar-refractivity contribution in [3.05, 3.63) is 29.8 Å². The molecule has 1 aromatic carbocycles. The van der Waals surface area contributed by atoms with Gasteiger partial charge >= 0.3 is 0 Å². The molecule has 3 nitrogen and oxygen atoms in total. The first kappa shape index (κ1) is 17.0. The third-order valence-corrected chi connectivity index (χ3v) is 3.61. The third-order valence-electron chi connectivity index (χ3n) is 3.61. The smallest absolute Gasteiger partial charge is 0.118 e. The zero-order chi connectivity index (χ0) is 14.8. The first-order chi connectivity index (χ1) is 9.69. The molecule has 0 fully saturated rings. The molecular formula is C17H29NO2. The number of rotatable bonds is 10. The molecule has 114 valence electrons. The van der Waals surface area contributed by atoms with Gasteiger partial charge in [0.1, 0.15) is 5.75 Å². The number of ether oxygens (including phenoxy) is 2. The summed E-state index contributed by atoms with van der Waals surface area (Å²) in [4.78, 5) is 0. The summed E-state index contributed by atoms with van der Waals surface area (Å²) in [6.45, 7) is 6.47. The Kier molecular flexibility index (Phi) is 8.31. The van der Waals surface area contributed by atoms with E-state index in [2.05, 4.69) is 31.3 Å². The fraction of sp³-hybridized carbons (Fsp3) is 0.647. The molecular weight excluding hydrogens is 250 g/mol. The van der Waals surface area contributed by atoms with E-state index in [0.29, 0.717) is 12.0 Å². The fourth-order valence-corrected chi connectivity index (χ4v) is 2.38. The van der Waals surface area contributed by atoms with Crippen molar-refractivity contribution in [3.63, 3.8) is 0 Å². The molecule has 0 aliphatic rings. The van der Waals surface area contributed by atoms with Crippen molar-refractivity contribution in [2.75, 3.05) is 27.3 Å². The molecule has 1 aromatic rings. The van der Waals surface area contributed by atoms with Crippen LogP contribution in [-0.4, -0.2) is 33.4 Å². The lowest BCUT2D eigenvalue weighted by Crippen LogP contribution is -2.27. The van der Waals surface area contributed by atoms with Gasteiger partial charge in [0.2, 0.25) is 0 Å². The molecule has 20 heavy (non-hydrogen) atoms. The summed E-state index contributed by atoms with van der Waals surface area (Å²) in [6, 6.07) is 8.38. The van der Waals surface area contributed by atoms with E-state index in [1.165, 1.54) is 12.0 Å². The van der Waals surface area contributed by atoms with Crippen molar-refractivity contribution < 1.29 is 9.47 Å². The number of hydrogen-bond donors (Lipinski definition) is 1. The van der Waals surface area contributed by atoms with Crippen LogP contribution in [0.1, 0.15) is 32.3 Å². The van der Waals surface area contributed by atoms with Gasteiger partial charge in [-0.1, -0.05) is 19.1 Å². The van der Waals surface area contributed by atoms with Crippen molar-refractivity contribution in [3.8, 4) is 5.75 Å². The predicted molar refractivity (Wildman–Crippen MR) is 84.4 cm³/mol. The van der Waals surface area contributed by atoms with Crippen LogP contribution < -0.4 is 10.1 Å². The normalized spacial score (nSPS) is 14.0. The molecule has 1 rings (SSSR count). The lowest BCUT2D eigenvalue weighted by molar-refractivity contribution is 0.0946. The summed E-state index contributed by atoms with van der Waals surface area (Å²) >= 11 is 0. The van der Waals surface area contributed by atoms with Gasteiger partial charge in [-0.2, -0.15) is 0 Å². The van der Waals surface area contributed by atoms with Crippen molar-refractivity contribution in [1.29, 1.82) is 0 Å². The Morgan fingerprint density at radius 2 is 1.85 bits per heavy atom. The highest BCUT2D eigenvalue weighted by Crippen LogP contribution is 2.18. The van der Waals surface area contributed by atoms with E-state index in [0.717, 1.165) is 31.7 Å². The van der Waals surface area contributed by atoms with E-state index in [9.17, 15) is 0 Å². The molecule has 2 atom stereocenters. The lowest BCUT2D eigenvalue weighted by Gasteiger charge is -2.21. The Bertz CT molecular complexity index is 351. The zero-order valence-corrected chi connectivity index (χ0v) is 13.3. The minimum atomic E-state index is 0.307. The number of methoxy groups -OCH3 is 2. The maximum absolute atomic E-state index is 5.41. The Hall–Kier alpha value is -1.06. The first-order valence-corrected chi connectivity index (χ1v) is 7.56. The van der Waals surface area contributed by atoms with Crippen LogP contribution in [0.15, 0.2) is 24.3 Å². The second-order valence-corrected chi connectivity index (χ2v) is 5.40. The maximum atomic E-state index is 5.41. The van der Waals surface area contributed by atoms with Crippen LogP contribution in [0, 0.1) is 5.92 Å². The molecule has 0 aliphatic heterocycles. The first-order valence-electron chi connectivity index (χ1n) is 7.56. The summed E-state index contributed by atoms with van der Waals surface area (Å²) < 4.78 is 10.6. The zero-order valence-electron chi connectivity index (χ0n) is 13.3. The molecule has 0 heterocycles. The van der Waals surface area contributed by atoms with Gasteiger partial charge in [0.25, 0.3) is 0 Å². The molecule has 0 bridgehead atoms. The summed E-state index contributed by atoms with van der Waals surface area (Å²) in [5.74, 6) is 1.52. The van der Waals surface area contributed by atoms with Gasteiger partial charge in [0.05, 0.1) is 13.2 Å². The Morgan fingerprint density at radius 3 is 2.40 bits per heavy atom. The van der Waals surface area contributed by atoms with Crippen LogP contribution in [0.2, 0.25) is 0 Å². The Balaban J connectivity index is 2.56. The molecule has 0 amide bonds. The molecule has 3 heteroatoms.